The Morgan fingerprint density at radius 1 is 1.02 bits per heavy atom. The number of hydrogen-bond acceptors (Lipinski definition) is 9. The number of benzene rings is 2. The third kappa shape index (κ3) is 7.78. The average Bonchev–Trinajstić information content (AvgIpc) is 3.13. The van der Waals surface area contributed by atoms with Gasteiger partial charge in [0.05, 0.1) is 33.4 Å². The number of halogens is 2. The van der Waals surface area contributed by atoms with E-state index in [-0.39, 0.29) is 46.5 Å². The molecule has 4 aromatic rings. The molecule has 0 radical (unpaired) electrons. The van der Waals surface area contributed by atoms with E-state index in [9.17, 15) is 19.9 Å². The first-order valence-electron chi connectivity index (χ1n) is 16.4. The second-order valence-corrected chi connectivity index (χ2v) is 13.4. The van der Waals surface area contributed by atoms with Crippen LogP contribution in [0.1, 0.15) is 51.4 Å². The SMILES string of the molecule is COc1ccc([C@H](Cc2c(Cl)c[n+]([O-])cc2Cl)c2cc(CN(C(=O)O[C@H]3CN4CCC3CC4)c3cccnc3OC)ccc2C(=O)O)cc1OC. The molecule has 14 heteroatoms. The second-order valence-electron chi connectivity index (χ2n) is 12.6. The van der Waals surface area contributed by atoms with Crippen molar-refractivity contribution in [1.29, 1.82) is 0 Å². The van der Waals surface area contributed by atoms with Crippen LogP contribution in [0, 0.1) is 11.1 Å². The monoisotopic (exact) mass is 736 g/mol. The molecule has 1 amide bonds. The van der Waals surface area contributed by atoms with Crippen LogP contribution >= 0.6 is 23.2 Å². The molecule has 2 bridgehead atoms. The number of carbonyl (C=O) groups excluding carboxylic acids is 1. The van der Waals surface area contributed by atoms with Crippen LogP contribution < -0.4 is 23.8 Å². The van der Waals surface area contributed by atoms with E-state index in [2.05, 4.69) is 9.88 Å². The van der Waals surface area contributed by atoms with Gasteiger partial charge in [-0.25, -0.2) is 14.6 Å². The summed E-state index contributed by atoms with van der Waals surface area (Å²) in [6, 6.07) is 13.7. The normalized spacial score (nSPS) is 18.5. The zero-order valence-corrected chi connectivity index (χ0v) is 29.9. The smallest absolute Gasteiger partial charge is 0.415 e. The molecule has 3 aliphatic heterocycles. The number of piperidine rings is 3. The van der Waals surface area contributed by atoms with Crippen molar-refractivity contribution in [3.05, 3.63) is 110 Å². The predicted molar refractivity (Wildman–Crippen MR) is 190 cm³/mol. The molecule has 0 saturated carbocycles. The lowest BCUT2D eigenvalue weighted by atomic mass is 9.82. The topological polar surface area (TPSA) is 138 Å². The molecule has 3 fully saturated rings. The number of anilines is 1. The van der Waals surface area contributed by atoms with Crippen molar-refractivity contribution in [3.8, 4) is 17.4 Å². The molecule has 0 spiro atoms. The van der Waals surface area contributed by atoms with E-state index >= 15 is 0 Å². The molecule has 2 aromatic heterocycles. The summed E-state index contributed by atoms with van der Waals surface area (Å²) in [5.41, 5.74) is 2.59. The van der Waals surface area contributed by atoms with Crippen LogP contribution in [0.5, 0.6) is 17.4 Å². The Morgan fingerprint density at radius 3 is 2.37 bits per heavy atom. The summed E-state index contributed by atoms with van der Waals surface area (Å²) in [5, 5.41) is 22.8. The number of carbonyl (C=O) groups is 2. The van der Waals surface area contributed by atoms with E-state index in [1.165, 1.54) is 44.7 Å². The fourth-order valence-corrected chi connectivity index (χ4v) is 7.61. The van der Waals surface area contributed by atoms with Crippen molar-refractivity contribution in [1.82, 2.24) is 9.88 Å². The minimum Gasteiger partial charge on any atom is -0.619 e. The van der Waals surface area contributed by atoms with Crippen LogP contribution in [0.25, 0.3) is 0 Å². The highest BCUT2D eigenvalue weighted by Crippen LogP contribution is 2.40. The maximum atomic E-state index is 14.1. The number of carboxylic acid groups (broad SMARTS) is 1. The first kappa shape index (κ1) is 36.0. The fourth-order valence-electron chi connectivity index (χ4n) is 7.01. The highest BCUT2D eigenvalue weighted by molar-refractivity contribution is 6.35. The highest BCUT2D eigenvalue weighted by Gasteiger charge is 2.38. The maximum Gasteiger partial charge on any atom is 0.415 e. The highest BCUT2D eigenvalue weighted by atomic mass is 35.5. The number of aromatic carboxylic acids is 1. The van der Waals surface area contributed by atoms with E-state index in [1.54, 1.807) is 48.7 Å². The van der Waals surface area contributed by atoms with Gasteiger partial charge in [-0.3, -0.25) is 9.80 Å². The third-order valence-electron chi connectivity index (χ3n) is 9.64. The summed E-state index contributed by atoms with van der Waals surface area (Å²) in [7, 11) is 4.51. The van der Waals surface area contributed by atoms with Gasteiger partial charge in [0.1, 0.15) is 21.8 Å². The Hall–Kier alpha value is -4.78. The molecule has 2 atom stereocenters. The number of carboxylic acids is 1. The van der Waals surface area contributed by atoms with Gasteiger partial charge in [0, 0.05) is 24.2 Å². The third-order valence-corrected chi connectivity index (χ3v) is 10.3. The summed E-state index contributed by atoms with van der Waals surface area (Å²) in [5.74, 6) is -0.379. The standard InChI is InChI=1S/C37H38Cl2N4O8/c1-48-32-9-7-24(16-33(32)49-2)26(17-28-29(38)19-42(47)20-30(28)39)27-15-22(6-8-25(27)36(44)45)18-43(31-5-4-12-40-35(31)50-3)37(46)51-34-21-41-13-10-23(34)11-14-41/h4-9,12,15-16,19-20,23,26,34H,10-11,13-14,17-18,21H2,1-3H3,(H,44,45)/t26-,34-/m0/s1. The van der Waals surface area contributed by atoms with E-state index in [0.717, 1.165) is 25.9 Å². The summed E-state index contributed by atoms with van der Waals surface area (Å²) in [6.07, 6.45) is 5.21. The van der Waals surface area contributed by atoms with Gasteiger partial charge in [-0.15, -0.1) is 0 Å². The van der Waals surface area contributed by atoms with Gasteiger partial charge in [-0.1, -0.05) is 41.4 Å². The van der Waals surface area contributed by atoms with Crippen LogP contribution in [0.4, 0.5) is 10.5 Å². The summed E-state index contributed by atoms with van der Waals surface area (Å²) in [6.45, 7) is 2.68. The summed E-state index contributed by atoms with van der Waals surface area (Å²) < 4.78 is 23.3. The number of ether oxygens (including phenoxy) is 4. The van der Waals surface area contributed by atoms with E-state index in [0.29, 0.717) is 50.7 Å². The van der Waals surface area contributed by atoms with E-state index in [4.69, 9.17) is 42.1 Å². The lowest BCUT2D eigenvalue weighted by Gasteiger charge is -2.44. The van der Waals surface area contributed by atoms with Crippen LogP contribution in [-0.2, 0) is 17.7 Å². The summed E-state index contributed by atoms with van der Waals surface area (Å²) in [4.78, 5) is 35.0. The number of rotatable bonds is 12. The van der Waals surface area contributed by atoms with Gasteiger partial charge in [0.15, 0.2) is 23.9 Å². The van der Waals surface area contributed by atoms with Crippen molar-refractivity contribution in [2.75, 3.05) is 45.9 Å². The van der Waals surface area contributed by atoms with Gasteiger partial charge in [-0.05, 0) is 85.3 Å². The molecule has 0 unspecified atom stereocenters. The van der Waals surface area contributed by atoms with Gasteiger partial charge >= 0.3 is 12.1 Å². The van der Waals surface area contributed by atoms with E-state index in [1.807, 2.05) is 0 Å². The Kier molecular flexibility index (Phi) is 11.0. The predicted octanol–water partition coefficient (Wildman–Crippen LogP) is 6.36. The van der Waals surface area contributed by atoms with Crippen molar-refractivity contribution >= 4 is 41.0 Å². The molecule has 0 aliphatic carbocycles. The molecule has 12 nitrogen and oxygen atoms in total. The summed E-state index contributed by atoms with van der Waals surface area (Å²) >= 11 is 13.1. The first-order valence-corrected chi connectivity index (χ1v) is 17.2. The van der Waals surface area contributed by atoms with Crippen molar-refractivity contribution in [3.63, 3.8) is 0 Å². The number of nitrogens with zero attached hydrogens (tertiary/aromatic N) is 4. The quantitative estimate of drug-likeness (QED) is 0.129. The Bertz CT molecular complexity index is 1900. The Balaban J connectivity index is 1.44. The lowest BCUT2D eigenvalue weighted by molar-refractivity contribution is -0.605. The van der Waals surface area contributed by atoms with Crippen molar-refractivity contribution in [2.24, 2.45) is 5.92 Å². The van der Waals surface area contributed by atoms with Gasteiger partial charge < -0.3 is 29.3 Å². The number of amides is 1. The lowest BCUT2D eigenvalue weighted by Crippen LogP contribution is -2.53. The average molecular weight is 738 g/mol. The minimum absolute atomic E-state index is 0.0105. The molecule has 5 heterocycles. The van der Waals surface area contributed by atoms with Crippen LogP contribution in [0.2, 0.25) is 10.0 Å². The molecular formula is C37H38Cl2N4O8. The molecule has 268 valence electrons. The zero-order chi connectivity index (χ0) is 36.2. The number of fused-ring (bicyclic) bond motifs is 3. The van der Waals surface area contributed by atoms with Crippen molar-refractivity contribution in [2.45, 2.75) is 37.8 Å². The molecule has 51 heavy (non-hydrogen) atoms. The number of methoxy groups -OCH3 is 3. The maximum absolute atomic E-state index is 14.1. The Labute approximate surface area is 305 Å². The van der Waals surface area contributed by atoms with Crippen molar-refractivity contribution < 1.29 is 38.4 Å². The number of hydrogen-bond donors (Lipinski definition) is 1. The second kappa shape index (κ2) is 15.6. The molecular weight excluding hydrogens is 699 g/mol. The van der Waals surface area contributed by atoms with E-state index < -0.39 is 18.0 Å². The fraction of sp³-hybridized carbons (Fsp3) is 0.351. The number of pyridine rings is 2. The molecule has 2 aromatic carbocycles. The number of aromatic nitrogens is 2. The molecule has 3 aliphatic rings. The minimum atomic E-state index is -1.16. The molecule has 7 rings (SSSR count). The van der Waals surface area contributed by atoms with Crippen LogP contribution in [-0.4, -0.2) is 74.1 Å². The zero-order valence-electron chi connectivity index (χ0n) is 28.4. The van der Waals surface area contributed by atoms with Crippen LogP contribution in [0.3, 0.4) is 0 Å². The van der Waals surface area contributed by atoms with Crippen LogP contribution in [0.15, 0.2) is 67.1 Å². The first-order chi connectivity index (χ1) is 24.6. The van der Waals surface area contributed by atoms with Gasteiger partial charge in [0.25, 0.3) is 0 Å². The largest absolute Gasteiger partial charge is 0.619 e. The molecule has 1 N–H and O–H groups in total. The molecule has 3 saturated heterocycles. The van der Waals surface area contributed by atoms with Gasteiger partial charge in [0.2, 0.25) is 5.88 Å². The van der Waals surface area contributed by atoms with Gasteiger partial charge in [-0.2, -0.15) is 4.73 Å². The Morgan fingerprint density at radius 2 is 1.75 bits per heavy atom.